The van der Waals surface area contributed by atoms with Gasteiger partial charge in [-0.05, 0) is 26.3 Å². The topological polar surface area (TPSA) is 83.7 Å². The van der Waals surface area contributed by atoms with E-state index in [9.17, 15) is 13.2 Å². The lowest BCUT2D eigenvalue weighted by Gasteiger charge is -2.38. The van der Waals surface area contributed by atoms with Crippen LogP contribution in [0.1, 0.15) is 20.8 Å². The molecular weight excluding hydrogens is 278 g/mol. The second-order valence-corrected chi connectivity index (χ2v) is 8.78. The van der Waals surface area contributed by atoms with Crippen molar-refractivity contribution in [2.45, 2.75) is 25.5 Å². The molecule has 7 heteroatoms. The molecule has 0 aliphatic carbocycles. The summed E-state index contributed by atoms with van der Waals surface area (Å²) in [5.74, 6) is 0.135. The molecule has 1 rings (SSSR count). The smallest absolute Gasteiger partial charge is 0.243 e. The van der Waals surface area contributed by atoms with Crippen molar-refractivity contribution in [3.63, 3.8) is 0 Å². The number of carbonyl (C=O) groups excluding carboxylic acids is 1. The van der Waals surface area contributed by atoms with Gasteiger partial charge in [-0.1, -0.05) is 6.92 Å². The van der Waals surface area contributed by atoms with Crippen LogP contribution in [0, 0.1) is 5.92 Å². The standard InChI is InChI=1S/C13H27N3O3S/c1-11(9-14)10-15-5-7-16(8-6-15)12(17)13(2,3)20(4,18)19/h11H,5-10,14H2,1-4H3. The Labute approximate surface area is 122 Å². The van der Waals surface area contributed by atoms with E-state index >= 15 is 0 Å². The van der Waals surface area contributed by atoms with Crippen LogP contribution in [0.4, 0.5) is 0 Å². The predicted molar refractivity (Wildman–Crippen MR) is 80.2 cm³/mol. The molecule has 6 nitrogen and oxygen atoms in total. The Morgan fingerprint density at radius 3 is 2.15 bits per heavy atom. The monoisotopic (exact) mass is 305 g/mol. The first-order valence-electron chi connectivity index (χ1n) is 7.01. The van der Waals surface area contributed by atoms with Gasteiger partial charge in [0.05, 0.1) is 0 Å². The van der Waals surface area contributed by atoms with Crippen LogP contribution in [-0.4, -0.2) is 74.4 Å². The zero-order chi connectivity index (χ0) is 15.6. The molecule has 1 atom stereocenters. The van der Waals surface area contributed by atoms with Gasteiger partial charge in [-0.2, -0.15) is 0 Å². The number of nitrogens with zero attached hydrogens (tertiary/aromatic N) is 2. The highest BCUT2D eigenvalue weighted by Gasteiger charge is 2.41. The van der Waals surface area contributed by atoms with Crippen LogP contribution in [0.15, 0.2) is 0 Å². The molecule has 20 heavy (non-hydrogen) atoms. The average molecular weight is 305 g/mol. The SMILES string of the molecule is CC(CN)CN1CCN(C(=O)C(C)(C)S(C)(=O)=O)CC1. The first-order chi connectivity index (χ1) is 9.09. The van der Waals surface area contributed by atoms with E-state index < -0.39 is 14.6 Å². The van der Waals surface area contributed by atoms with Crippen LogP contribution in [0.3, 0.4) is 0 Å². The summed E-state index contributed by atoms with van der Waals surface area (Å²) in [5.41, 5.74) is 5.61. The quantitative estimate of drug-likeness (QED) is 0.744. The fourth-order valence-corrected chi connectivity index (χ4v) is 2.63. The molecule has 0 aromatic carbocycles. The normalized spacial score (nSPS) is 19.9. The third kappa shape index (κ3) is 3.93. The zero-order valence-electron chi connectivity index (χ0n) is 12.9. The van der Waals surface area contributed by atoms with Gasteiger partial charge in [0, 0.05) is 39.0 Å². The van der Waals surface area contributed by atoms with Gasteiger partial charge in [-0.3, -0.25) is 9.69 Å². The lowest BCUT2D eigenvalue weighted by atomic mass is 10.1. The molecule has 1 aliphatic rings. The van der Waals surface area contributed by atoms with E-state index in [-0.39, 0.29) is 5.91 Å². The van der Waals surface area contributed by atoms with Crippen molar-refractivity contribution in [2.24, 2.45) is 11.7 Å². The number of amides is 1. The first kappa shape index (κ1) is 17.4. The van der Waals surface area contributed by atoms with Crippen molar-refractivity contribution >= 4 is 15.7 Å². The van der Waals surface area contributed by atoms with E-state index in [0.29, 0.717) is 25.6 Å². The number of hydrogen-bond donors (Lipinski definition) is 1. The predicted octanol–water partition coefficient (Wildman–Crippen LogP) is -0.451. The Hall–Kier alpha value is -0.660. The second kappa shape index (κ2) is 6.41. The number of rotatable bonds is 5. The van der Waals surface area contributed by atoms with E-state index in [1.165, 1.54) is 13.8 Å². The molecule has 118 valence electrons. The van der Waals surface area contributed by atoms with Gasteiger partial charge in [0.15, 0.2) is 9.84 Å². The maximum Gasteiger partial charge on any atom is 0.243 e. The Morgan fingerprint density at radius 2 is 1.75 bits per heavy atom. The molecule has 1 aliphatic heterocycles. The van der Waals surface area contributed by atoms with Gasteiger partial charge in [0.1, 0.15) is 4.75 Å². The van der Waals surface area contributed by atoms with Crippen molar-refractivity contribution in [2.75, 3.05) is 45.5 Å². The molecule has 0 bridgehead atoms. The zero-order valence-corrected chi connectivity index (χ0v) is 13.7. The van der Waals surface area contributed by atoms with Gasteiger partial charge in [-0.15, -0.1) is 0 Å². The molecule has 2 N–H and O–H groups in total. The summed E-state index contributed by atoms with van der Waals surface area (Å²) in [6.07, 6.45) is 1.12. The Balaban J connectivity index is 2.60. The van der Waals surface area contributed by atoms with Crippen LogP contribution in [0.2, 0.25) is 0 Å². The van der Waals surface area contributed by atoms with Gasteiger partial charge in [0.2, 0.25) is 5.91 Å². The minimum Gasteiger partial charge on any atom is -0.339 e. The molecule has 0 radical (unpaired) electrons. The summed E-state index contributed by atoms with van der Waals surface area (Å²) >= 11 is 0. The lowest BCUT2D eigenvalue weighted by Crippen LogP contribution is -2.56. The van der Waals surface area contributed by atoms with Crippen molar-refractivity contribution in [3.05, 3.63) is 0 Å². The molecule has 0 saturated carbocycles. The minimum atomic E-state index is -3.41. The number of sulfone groups is 1. The Kier molecular flexibility index (Phi) is 5.57. The summed E-state index contributed by atoms with van der Waals surface area (Å²) in [6, 6.07) is 0. The molecular formula is C13H27N3O3S. The number of hydrogen-bond acceptors (Lipinski definition) is 5. The highest BCUT2D eigenvalue weighted by atomic mass is 32.2. The maximum atomic E-state index is 12.4. The van der Waals surface area contributed by atoms with Gasteiger partial charge < -0.3 is 10.6 Å². The van der Waals surface area contributed by atoms with Crippen LogP contribution >= 0.6 is 0 Å². The van der Waals surface area contributed by atoms with Crippen LogP contribution < -0.4 is 5.73 Å². The second-order valence-electron chi connectivity index (χ2n) is 6.22. The molecule has 1 amide bonds. The third-order valence-corrected chi connectivity index (χ3v) is 6.10. The largest absolute Gasteiger partial charge is 0.339 e. The molecule has 0 spiro atoms. The summed E-state index contributed by atoms with van der Waals surface area (Å²) in [7, 11) is -3.41. The van der Waals surface area contributed by atoms with E-state index in [1.807, 2.05) is 0 Å². The van der Waals surface area contributed by atoms with E-state index in [1.54, 1.807) is 4.90 Å². The highest BCUT2D eigenvalue weighted by Crippen LogP contribution is 2.20. The van der Waals surface area contributed by atoms with Gasteiger partial charge in [-0.25, -0.2) is 8.42 Å². The Morgan fingerprint density at radius 1 is 1.25 bits per heavy atom. The summed E-state index contributed by atoms with van der Waals surface area (Å²) in [5, 5.41) is 0. The molecule has 0 aromatic rings. The van der Waals surface area contributed by atoms with Crippen molar-refractivity contribution < 1.29 is 13.2 Å². The number of piperazine rings is 1. The van der Waals surface area contributed by atoms with Crippen LogP contribution in [-0.2, 0) is 14.6 Å². The molecule has 0 aromatic heterocycles. The molecule has 1 unspecified atom stereocenters. The minimum absolute atomic E-state index is 0.300. The Bertz CT molecular complexity index is 440. The fourth-order valence-electron chi connectivity index (χ4n) is 2.19. The van der Waals surface area contributed by atoms with Gasteiger partial charge >= 0.3 is 0 Å². The molecule has 1 heterocycles. The van der Waals surface area contributed by atoms with Crippen molar-refractivity contribution in [1.82, 2.24) is 9.80 Å². The maximum absolute atomic E-state index is 12.4. The average Bonchev–Trinajstić information content (AvgIpc) is 2.37. The number of carbonyl (C=O) groups is 1. The first-order valence-corrected chi connectivity index (χ1v) is 8.90. The molecule has 1 fully saturated rings. The summed E-state index contributed by atoms with van der Waals surface area (Å²) < 4.78 is 22.1. The number of nitrogens with two attached hydrogens (primary N) is 1. The third-order valence-electron chi connectivity index (χ3n) is 4.07. The molecule has 1 saturated heterocycles. The van der Waals surface area contributed by atoms with E-state index in [2.05, 4.69) is 11.8 Å². The van der Waals surface area contributed by atoms with Gasteiger partial charge in [0.25, 0.3) is 0 Å². The van der Waals surface area contributed by atoms with Crippen LogP contribution in [0.5, 0.6) is 0 Å². The van der Waals surface area contributed by atoms with Crippen molar-refractivity contribution in [3.8, 4) is 0 Å². The van der Waals surface area contributed by atoms with Crippen LogP contribution in [0.25, 0.3) is 0 Å². The lowest BCUT2D eigenvalue weighted by molar-refractivity contribution is -0.135. The van der Waals surface area contributed by atoms with E-state index in [4.69, 9.17) is 5.73 Å². The van der Waals surface area contributed by atoms with Crippen molar-refractivity contribution in [1.29, 1.82) is 0 Å². The fraction of sp³-hybridized carbons (Fsp3) is 0.923. The van der Waals surface area contributed by atoms with E-state index in [0.717, 1.165) is 25.9 Å². The summed E-state index contributed by atoms with van der Waals surface area (Å²) in [4.78, 5) is 16.3. The highest BCUT2D eigenvalue weighted by molar-refractivity contribution is 7.92. The summed E-state index contributed by atoms with van der Waals surface area (Å²) in [6.45, 7) is 9.34.